The molecule has 0 radical (unpaired) electrons. The lowest BCUT2D eigenvalue weighted by atomic mass is 10.1. The Kier molecular flexibility index (Phi) is 5.36. The van der Waals surface area contributed by atoms with Crippen molar-refractivity contribution in [2.75, 3.05) is 11.1 Å². The number of thioether (sulfide) groups is 1. The lowest BCUT2D eigenvalue weighted by Gasteiger charge is -2.10. The average Bonchev–Trinajstić information content (AvgIpc) is 2.48. The molecule has 0 saturated heterocycles. The van der Waals surface area contributed by atoms with Gasteiger partial charge in [-0.15, -0.1) is 11.8 Å². The van der Waals surface area contributed by atoms with Gasteiger partial charge < -0.3 is 11.1 Å². The molecule has 0 bridgehead atoms. The Balaban J connectivity index is 1.99. The highest BCUT2D eigenvalue weighted by Gasteiger charge is 2.07. The van der Waals surface area contributed by atoms with E-state index in [1.165, 1.54) is 11.8 Å². The summed E-state index contributed by atoms with van der Waals surface area (Å²) >= 11 is 6.46. The van der Waals surface area contributed by atoms with Crippen molar-refractivity contribution in [3.63, 3.8) is 0 Å². The Bertz CT molecular complexity index is 657. The van der Waals surface area contributed by atoms with Gasteiger partial charge in [0.15, 0.2) is 0 Å². The van der Waals surface area contributed by atoms with Gasteiger partial charge in [0, 0.05) is 16.1 Å². The summed E-state index contributed by atoms with van der Waals surface area (Å²) in [7, 11) is 0. The third-order valence-corrected chi connectivity index (χ3v) is 4.16. The number of rotatable bonds is 5. The molecule has 5 heteroatoms. The molecule has 0 aliphatic heterocycles. The Morgan fingerprint density at radius 2 is 1.95 bits per heavy atom. The Morgan fingerprint density at radius 1 is 1.24 bits per heavy atom. The SMILES string of the molecule is Cc1ccc(C(N)=S)cc1NC(=O)CSc1ccccc1. The van der Waals surface area contributed by atoms with Gasteiger partial charge in [-0.1, -0.05) is 42.5 Å². The number of nitrogens with two attached hydrogens (primary N) is 1. The van der Waals surface area contributed by atoms with E-state index in [2.05, 4.69) is 5.32 Å². The van der Waals surface area contributed by atoms with Gasteiger partial charge in [0.05, 0.1) is 5.75 Å². The monoisotopic (exact) mass is 316 g/mol. The summed E-state index contributed by atoms with van der Waals surface area (Å²) in [6.45, 7) is 1.93. The Morgan fingerprint density at radius 3 is 2.62 bits per heavy atom. The number of hydrogen-bond acceptors (Lipinski definition) is 3. The zero-order chi connectivity index (χ0) is 15.2. The molecule has 0 saturated carbocycles. The second-order valence-electron chi connectivity index (χ2n) is 4.54. The lowest BCUT2D eigenvalue weighted by Crippen LogP contribution is -2.16. The summed E-state index contributed by atoms with van der Waals surface area (Å²) in [6.07, 6.45) is 0. The van der Waals surface area contributed by atoms with Crippen molar-refractivity contribution in [2.45, 2.75) is 11.8 Å². The number of amides is 1. The molecule has 0 aliphatic carbocycles. The highest BCUT2D eigenvalue weighted by molar-refractivity contribution is 8.00. The minimum Gasteiger partial charge on any atom is -0.389 e. The molecule has 0 aromatic heterocycles. The highest BCUT2D eigenvalue weighted by atomic mass is 32.2. The molecule has 0 heterocycles. The van der Waals surface area contributed by atoms with Gasteiger partial charge in [-0.05, 0) is 30.7 Å². The van der Waals surface area contributed by atoms with Gasteiger partial charge in [0.1, 0.15) is 4.99 Å². The zero-order valence-electron chi connectivity index (χ0n) is 11.6. The van der Waals surface area contributed by atoms with Crippen LogP contribution in [0, 0.1) is 6.92 Å². The largest absolute Gasteiger partial charge is 0.389 e. The molecular formula is C16H16N2OS2. The van der Waals surface area contributed by atoms with Gasteiger partial charge in [0.2, 0.25) is 5.91 Å². The molecule has 0 unspecified atom stereocenters. The van der Waals surface area contributed by atoms with Crippen molar-refractivity contribution in [2.24, 2.45) is 5.73 Å². The summed E-state index contributed by atoms with van der Waals surface area (Å²) in [4.78, 5) is 13.4. The van der Waals surface area contributed by atoms with Gasteiger partial charge >= 0.3 is 0 Å². The first-order valence-corrected chi connectivity index (χ1v) is 7.84. The Hall–Kier alpha value is -1.85. The van der Waals surface area contributed by atoms with Gasteiger partial charge in [0.25, 0.3) is 0 Å². The summed E-state index contributed by atoms with van der Waals surface area (Å²) in [5, 5.41) is 2.90. The van der Waals surface area contributed by atoms with Gasteiger partial charge in [-0.3, -0.25) is 4.79 Å². The van der Waals surface area contributed by atoms with Crippen molar-refractivity contribution in [1.29, 1.82) is 0 Å². The van der Waals surface area contributed by atoms with Crippen LogP contribution in [0.5, 0.6) is 0 Å². The summed E-state index contributed by atoms with van der Waals surface area (Å²) < 4.78 is 0. The van der Waals surface area contributed by atoms with E-state index in [0.29, 0.717) is 10.7 Å². The average molecular weight is 316 g/mol. The fourth-order valence-corrected chi connectivity index (χ4v) is 2.61. The van der Waals surface area contributed by atoms with Gasteiger partial charge in [-0.2, -0.15) is 0 Å². The minimum absolute atomic E-state index is 0.0490. The second kappa shape index (κ2) is 7.24. The van der Waals surface area contributed by atoms with E-state index in [4.69, 9.17) is 18.0 Å². The molecule has 2 rings (SSSR count). The van der Waals surface area contributed by atoms with Crippen LogP contribution < -0.4 is 11.1 Å². The van der Waals surface area contributed by atoms with E-state index in [0.717, 1.165) is 21.7 Å². The van der Waals surface area contributed by atoms with Crippen molar-refractivity contribution in [3.8, 4) is 0 Å². The number of nitrogens with one attached hydrogen (secondary N) is 1. The molecule has 0 fully saturated rings. The number of hydrogen-bond donors (Lipinski definition) is 2. The first-order valence-electron chi connectivity index (χ1n) is 6.44. The summed E-state index contributed by atoms with van der Waals surface area (Å²) in [6, 6.07) is 15.4. The van der Waals surface area contributed by atoms with E-state index < -0.39 is 0 Å². The number of benzene rings is 2. The van der Waals surface area contributed by atoms with Crippen molar-refractivity contribution < 1.29 is 4.79 Å². The molecular weight excluding hydrogens is 300 g/mol. The quantitative estimate of drug-likeness (QED) is 0.656. The first kappa shape index (κ1) is 15.5. The van der Waals surface area contributed by atoms with Crippen LogP contribution >= 0.6 is 24.0 Å². The normalized spacial score (nSPS) is 10.1. The number of anilines is 1. The van der Waals surface area contributed by atoms with Gasteiger partial charge in [-0.25, -0.2) is 0 Å². The van der Waals surface area contributed by atoms with Crippen LogP contribution in [0.3, 0.4) is 0 Å². The van der Waals surface area contributed by atoms with Crippen LogP contribution in [0.25, 0.3) is 0 Å². The molecule has 1 amide bonds. The first-order chi connectivity index (χ1) is 10.1. The van der Waals surface area contributed by atoms with Crippen molar-refractivity contribution >= 4 is 40.6 Å². The van der Waals surface area contributed by atoms with Crippen molar-refractivity contribution in [1.82, 2.24) is 0 Å². The molecule has 0 atom stereocenters. The standard InChI is InChI=1S/C16H16N2OS2/c1-11-7-8-12(16(17)20)9-14(11)18-15(19)10-21-13-5-3-2-4-6-13/h2-9H,10H2,1H3,(H2,17,20)(H,18,19). The highest BCUT2D eigenvalue weighted by Crippen LogP contribution is 2.20. The maximum atomic E-state index is 12.0. The molecule has 108 valence electrons. The van der Waals surface area contributed by atoms with Crippen LogP contribution in [-0.4, -0.2) is 16.6 Å². The van der Waals surface area contributed by atoms with E-state index in [-0.39, 0.29) is 5.91 Å². The van der Waals surface area contributed by atoms with Crippen LogP contribution in [-0.2, 0) is 4.79 Å². The fraction of sp³-hybridized carbons (Fsp3) is 0.125. The second-order valence-corrected chi connectivity index (χ2v) is 6.03. The topological polar surface area (TPSA) is 55.1 Å². The molecule has 2 aromatic rings. The molecule has 21 heavy (non-hydrogen) atoms. The number of carbonyl (C=O) groups is 1. The van der Waals surface area contributed by atoms with Crippen LogP contribution in [0.15, 0.2) is 53.4 Å². The number of thiocarbonyl (C=S) groups is 1. The maximum Gasteiger partial charge on any atom is 0.234 e. The summed E-state index contributed by atoms with van der Waals surface area (Å²) in [5.41, 5.74) is 8.09. The number of carbonyl (C=O) groups excluding carboxylic acids is 1. The minimum atomic E-state index is -0.0490. The van der Waals surface area contributed by atoms with Crippen molar-refractivity contribution in [3.05, 3.63) is 59.7 Å². The van der Waals surface area contributed by atoms with E-state index in [9.17, 15) is 4.79 Å². The smallest absolute Gasteiger partial charge is 0.234 e. The third kappa shape index (κ3) is 4.58. The molecule has 3 nitrogen and oxygen atoms in total. The third-order valence-electron chi connectivity index (χ3n) is 2.91. The summed E-state index contributed by atoms with van der Waals surface area (Å²) in [5.74, 6) is 0.313. The predicted octanol–water partition coefficient (Wildman–Crippen LogP) is 3.36. The van der Waals surface area contributed by atoms with Crippen LogP contribution in [0.4, 0.5) is 5.69 Å². The maximum absolute atomic E-state index is 12.0. The Labute approximate surface area is 133 Å². The lowest BCUT2D eigenvalue weighted by molar-refractivity contribution is -0.113. The van der Waals surface area contributed by atoms with E-state index in [1.807, 2.05) is 55.5 Å². The van der Waals surface area contributed by atoms with Crippen LogP contribution in [0.2, 0.25) is 0 Å². The molecule has 0 spiro atoms. The fourth-order valence-electron chi connectivity index (χ4n) is 1.76. The zero-order valence-corrected chi connectivity index (χ0v) is 13.3. The molecule has 3 N–H and O–H groups in total. The van der Waals surface area contributed by atoms with E-state index in [1.54, 1.807) is 0 Å². The number of aryl methyl sites for hydroxylation is 1. The predicted molar refractivity (Wildman–Crippen MR) is 92.9 cm³/mol. The molecule has 0 aliphatic rings. The molecule has 2 aromatic carbocycles. The van der Waals surface area contributed by atoms with Crippen LogP contribution in [0.1, 0.15) is 11.1 Å². The van der Waals surface area contributed by atoms with E-state index >= 15 is 0 Å².